The van der Waals surface area contributed by atoms with Crippen LogP contribution in [0.5, 0.6) is 0 Å². The molecule has 6 nitrogen and oxygen atoms in total. The highest BCUT2D eigenvalue weighted by Crippen LogP contribution is 2.17. The third-order valence-electron chi connectivity index (χ3n) is 2.90. The quantitative estimate of drug-likeness (QED) is 0.807. The van der Waals surface area contributed by atoms with Crippen molar-refractivity contribution in [3.8, 4) is 0 Å². The first-order chi connectivity index (χ1) is 8.61. The van der Waals surface area contributed by atoms with Crippen LogP contribution in [0.4, 0.5) is 4.79 Å². The Morgan fingerprint density at radius 1 is 1.44 bits per heavy atom. The van der Waals surface area contributed by atoms with Gasteiger partial charge in [0.1, 0.15) is 0 Å². The maximum absolute atomic E-state index is 11.3. The number of ether oxygens (including phenoxy) is 1. The van der Waals surface area contributed by atoms with Gasteiger partial charge in [0, 0.05) is 37.6 Å². The number of carboxylic acid groups (broad SMARTS) is 1. The van der Waals surface area contributed by atoms with Gasteiger partial charge in [0.2, 0.25) is 0 Å². The van der Waals surface area contributed by atoms with Crippen molar-refractivity contribution >= 4 is 17.8 Å². The second kappa shape index (κ2) is 4.95. The Hall–Kier alpha value is -2.24. The average Bonchev–Trinajstić information content (AvgIpc) is 2.87. The van der Waals surface area contributed by atoms with Gasteiger partial charge in [-0.15, -0.1) is 0 Å². The molecule has 18 heavy (non-hydrogen) atoms. The lowest BCUT2D eigenvalue weighted by molar-refractivity contribution is 0.0601. The van der Waals surface area contributed by atoms with E-state index in [0.717, 1.165) is 5.70 Å². The largest absolute Gasteiger partial charge is 0.465 e. The van der Waals surface area contributed by atoms with Gasteiger partial charge in [0.15, 0.2) is 0 Å². The van der Waals surface area contributed by atoms with E-state index in [0.29, 0.717) is 25.1 Å². The van der Waals surface area contributed by atoms with Crippen LogP contribution in [0.2, 0.25) is 0 Å². The molecule has 1 aromatic heterocycles. The zero-order valence-electron chi connectivity index (χ0n) is 10.00. The zero-order valence-corrected chi connectivity index (χ0v) is 10.00. The maximum Gasteiger partial charge on any atom is 0.407 e. The molecule has 0 saturated heterocycles. The van der Waals surface area contributed by atoms with Gasteiger partial charge in [-0.1, -0.05) is 0 Å². The Labute approximate surface area is 104 Å². The number of aromatic nitrogens is 1. The Morgan fingerprint density at radius 3 is 2.78 bits per heavy atom. The number of nitrogens with zero attached hydrogens (tertiary/aromatic N) is 2. The summed E-state index contributed by atoms with van der Waals surface area (Å²) in [6, 6.07) is 1.68. The molecule has 0 saturated carbocycles. The lowest BCUT2D eigenvalue weighted by Crippen LogP contribution is -2.33. The fraction of sp³-hybridized carbons (Fsp3) is 0.333. The number of methoxy groups -OCH3 is 1. The molecule has 0 unspecified atom stereocenters. The number of carbonyl (C=O) groups is 2. The van der Waals surface area contributed by atoms with E-state index in [4.69, 9.17) is 5.11 Å². The average molecular weight is 250 g/mol. The summed E-state index contributed by atoms with van der Waals surface area (Å²) in [7, 11) is 1.34. The summed E-state index contributed by atoms with van der Waals surface area (Å²) in [5, 5.41) is 8.83. The van der Waals surface area contributed by atoms with E-state index in [9.17, 15) is 9.59 Å². The highest BCUT2D eigenvalue weighted by atomic mass is 16.5. The van der Waals surface area contributed by atoms with Gasteiger partial charge < -0.3 is 19.3 Å². The van der Waals surface area contributed by atoms with Crippen molar-refractivity contribution in [2.24, 2.45) is 0 Å². The molecule has 0 fully saturated rings. The summed E-state index contributed by atoms with van der Waals surface area (Å²) in [6.45, 7) is 0.837. The Kier molecular flexibility index (Phi) is 3.36. The van der Waals surface area contributed by atoms with Crippen LogP contribution in [-0.4, -0.2) is 46.8 Å². The molecule has 0 radical (unpaired) electrons. The molecule has 0 spiro atoms. The third kappa shape index (κ3) is 2.37. The SMILES string of the molecule is COC(=O)c1ccn(C2=CCN(C(=O)O)CC2)c1. The number of rotatable bonds is 2. The molecule has 1 aliphatic rings. The summed E-state index contributed by atoms with van der Waals surface area (Å²) >= 11 is 0. The van der Waals surface area contributed by atoms with Gasteiger partial charge in [0.25, 0.3) is 0 Å². The van der Waals surface area contributed by atoms with Crippen LogP contribution in [0.15, 0.2) is 24.5 Å². The third-order valence-corrected chi connectivity index (χ3v) is 2.90. The van der Waals surface area contributed by atoms with Crippen LogP contribution in [0.25, 0.3) is 5.70 Å². The Morgan fingerprint density at radius 2 is 2.22 bits per heavy atom. The maximum atomic E-state index is 11.3. The van der Waals surface area contributed by atoms with E-state index in [2.05, 4.69) is 4.74 Å². The van der Waals surface area contributed by atoms with Crippen molar-refractivity contribution in [2.45, 2.75) is 6.42 Å². The molecule has 0 aliphatic carbocycles. The van der Waals surface area contributed by atoms with Crippen molar-refractivity contribution in [3.05, 3.63) is 30.1 Å². The van der Waals surface area contributed by atoms with Crippen LogP contribution in [-0.2, 0) is 4.74 Å². The monoisotopic (exact) mass is 250 g/mol. The molecular formula is C12H14N2O4. The van der Waals surface area contributed by atoms with E-state index >= 15 is 0 Å². The molecule has 1 aliphatic heterocycles. The summed E-state index contributed by atoms with van der Waals surface area (Å²) in [5.74, 6) is -0.377. The van der Waals surface area contributed by atoms with Crippen LogP contribution in [0.3, 0.4) is 0 Å². The number of amides is 1. The molecule has 96 valence electrons. The van der Waals surface area contributed by atoms with Gasteiger partial charge in [-0.05, 0) is 12.1 Å². The predicted octanol–water partition coefficient (Wildman–Crippen LogP) is 1.50. The molecule has 2 rings (SSSR count). The molecular weight excluding hydrogens is 236 g/mol. The van der Waals surface area contributed by atoms with E-state index in [1.165, 1.54) is 12.0 Å². The minimum Gasteiger partial charge on any atom is -0.465 e. The van der Waals surface area contributed by atoms with Crippen molar-refractivity contribution in [2.75, 3.05) is 20.2 Å². The first kappa shape index (κ1) is 12.2. The molecule has 0 bridgehead atoms. The minimum absolute atomic E-state index is 0.371. The van der Waals surface area contributed by atoms with Crippen molar-refractivity contribution in [1.82, 2.24) is 9.47 Å². The minimum atomic E-state index is -0.909. The van der Waals surface area contributed by atoms with Gasteiger partial charge in [-0.25, -0.2) is 9.59 Å². The summed E-state index contributed by atoms with van der Waals surface area (Å²) < 4.78 is 6.45. The summed E-state index contributed by atoms with van der Waals surface area (Å²) in [5.41, 5.74) is 1.47. The van der Waals surface area contributed by atoms with Gasteiger partial charge >= 0.3 is 12.1 Å². The van der Waals surface area contributed by atoms with E-state index in [-0.39, 0.29) is 5.97 Å². The van der Waals surface area contributed by atoms with Crippen LogP contribution in [0.1, 0.15) is 16.8 Å². The number of carbonyl (C=O) groups excluding carboxylic acids is 1. The van der Waals surface area contributed by atoms with Crippen molar-refractivity contribution < 1.29 is 19.4 Å². The number of hydrogen-bond acceptors (Lipinski definition) is 3. The van der Waals surface area contributed by atoms with E-state index in [1.807, 2.05) is 10.6 Å². The molecule has 6 heteroatoms. The summed E-state index contributed by atoms with van der Waals surface area (Å²) in [6.07, 6.45) is 5.02. The Balaban J connectivity index is 2.11. The normalized spacial score (nSPS) is 15.2. The summed E-state index contributed by atoms with van der Waals surface area (Å²) in [4.78, 5) is 23.4. The van der Waals surface area contributed by atoms with Crippen LogP contribution < -0.4 is 0 Å². The van der Waals surface area contributed by atoms with Gasteiger partial charge in [-0.2, -0.15) is 0 Å². The first-order valence-corrected chi connectivity index (χ1v) is 5.55. The molecule has 1 N–H and O–H groups in total. The van der Waals surface area contributed by atoms with Crippen molar-refractivity contribution in [1.29, 1.82) is 0 Å². The van der Waals surface area contributed by atoms with Crippen LogP contribution in [0, 0.1) is 0 Å². The smallest absolute Gasteiger partial charge is 0.407 e. The van der Waals surface area contributed by atoms with Gasteiger partial charge in [-0.3, -0.25) is 0 Å². The van der Waals surface area contributed by atoms with Crippen molar-refractivity contribution in [3.63, 3.8) is 0 Å². The molecule has 0 aromatic carbocycles. The fourth-order valence-corrected chi connectivity index (χ4v) is 1.88. The fourth-order valence-electron chi connectivity index (χ4n) is 1.88. The lowest BCUT2D eigenvalue weighted by Gasteiger charge is -2.24. The Bertz CT molecular complexity index is 504. The lowest BCUT2D eigenvalue weighted by atomic mass is 10.2. The second-order valence-electron chi connectivity index (χ2n) is 3.97. The number of esters is 1. The standard InChI is InChI=1S/C12H14N2O4/c1-18-11(15)9-2-5-14(8-9)10-3-6-13(7-4-10)12(16)17/h2-3,5,8H,4,6-7H2,1H3,(H,16,17). The zero-order chi connectivity index (χ0) is 13.1. The van der Waals surface area contributed by atoms with E-state index in [1.54, 1.807) is 18.5 Å². The highest BCUT2D eigenvalue weighted by Gasteiger charge is 2.17. The highest BCUT2D eigenvalue weighted by molar-refractivity contribution is 5.89. The first-order valence-electron chi connectivity index (χ1n) is 5.55. The van der Waals surface area contributed by atoms with Gasteiger partial charge in [0.05, 0.1) is 12.7 Å². The molecule has 0 atom stereocenters. The molecule has 2 heterocycles. The molecule has 1 amide bonds. The van der Waals surface area contributed by atoms with E-state index < -0.39 is 6.09 Å². The second-order valence-corrected chi connectivity index (χ2v) is 3.97. The predicted molar refractivity (Wildman–Crippen MR) is 64.3 cm³/mol. The topological polar surface area (TPSA) is 71.8 Å². The molecule has 1 aromatic rings. The number of hydrogen-bond donors (Lipinski definition) is 1. The van der Waals surface area contributed by atoms with Crippen LogP contribution >= 0.6 is 0 Å².